The van der Waals surface area contributed by atoms with Gasteiger partial charge in [0, 0.05) is 34.1 Å². The molecule has 1 amide bonds. The highest BCUT2D eigenvalue weighted by molar-refractivity contribution is 9.10. The Morgan fingerprint density at radius 2 is 2.12 bits per heavy atom. The van der Waals surface area contributed by atoms with Crippen molar-refractivity contribution in [2.45, 2.75) is 19.4 Å². The Hall–Kier alpha value is -2.12. The van der Waals surface area contributed by atoms with E-state index in [9.17, 15) is 4.79 Å². The molecule has 0 fully saturated rings. The molecule has 1 aromatic carbocycles. The second kappa shape index (κ2) is 6.55. The van der Waals surface area contributed by atoms with Gasteiger partial charge in [-0.25, -0.2) is 9.97 Å². The quantitative estimate of drug-likeness (QED) is 0.657. The fraction of sp³-hybridized carbons (Fsp3) is 0.278. The number of hydrogen-bond acceptors (Lipinski definition) is 4. The molecule has 0 spiro atoms. The predicted molar refractivity (Wildman–Crippen MR) is 103 cm³/mol. The maximum absolute atomic E-state index is 12.9. The van der Waals surface area contributed by atoms with Crippen LogP contribution in [0.2, 0.25) is 5.02 Å². The number of methoxy groups -OCH3 is 1. The van der Waals surface area contributed by atoms with E-state index in [4.69, 9.17) is 16.3 Å². The summed E-state index contributed by atoms with van der Waals surface area (Å²) < 4.78 is 5.90. The number of amides is 1. The monoisotopic (exact) mass is 434 g/mol. The van der Waals surface area contributed by atoms with Crippen LogP contribution >= 0.6 is 27.5 Å². The molecule has 1 aliphatic heterocycles. The summed E-state index contributed by atoms with van der Waals surface area (Å²) in [7, 11) is 1.54. The number of aromatic nitrogens is 3. The number of carbonyl (C=O) groups excluding carboxylic acids is 1. The smallest absolute Gasteiger partial charge is 0.292 e. The zero-order valence-electron chi connectivity index (χ0n) is 14.2. The van der Waals surface area contributed by atoms with Crippen LogP contribution in [-0.2, 0) is 6.42 Å². The zero-order chi connectivity index (χ0) is 18.4. The number of H-pyrrole nitrogens is 1. The molecule has 1 aliphatic rings. The van der Waals surface area contributed by atoms with E-state index in [0.29, 0.717) is 17.3 Å². The molecule has 3 heterocycles. The van der Waals surface area contributed by atoms with E-state index in [-0.39, 0.29) is 17.8 Å². The lowest BCUT2D eigenvalue weighted by atomic mass is 9.97. The Balaban J connectivity index is 1.72. The van der Waals surface area contributed by atoms with Crippen molar-refractivity contribution >= 4 is 44.3 Å². The lowest BCUT2D eigenvalue weighted by Gasteiger charge is -2.33. The van der Waals surface area contributed by atoms with Gasteiger partial charge < -0.3 is 14.6 Å². The van der Waals surface area contributed by atoms with Crippen molar-refractivity contribution in [2.24, 2.45) is 0 Å². The second-order valence-electron chi connectivity index (χ2n) is 6.17. The minimum atomic E-state index is -0.191. The molecule has 0 unspecified atom stereocenters. The summed E-state index contributed by atoms with van der Waals surface area (Å²) in [4.78, 5) is 26.4. The van der Waals surface area contributed by atoms with Crippen LogP contribution in [0.25, 0.3) is 10.9 Å². The summed E-state index contributed by atoms with van der Waals surface area (Å²) in [5.74, 6) is 0.498. The van der Waals surface area contributed by atoms with Crippen molar-refractivity contribution in [3.8, 4) is 5.75 Å². The molecule has 2 aromatic heterocycles. The van der Waals surface area contributed by atoms with Crippen molar-refractivity contribution in [3.63, 3.8) is 0 Å². The number of nitrogens with zero attached hydrogens (tertiary/aromatic N) is 3. The summed E-state index contributed by atoms with van der Waals surface area (Å²) in [5.41, 5.74) is 3.11. The van der Waals surface area contributed by atoms with Gasteiger partial charge in [0.05, 0.1) is 36.1 Å². The fourth-order valence-corrected chi connectivity index (χ4v) is 4.01. The minimum Gasteiger partial charge on any atom is -0.494 e. The van der Waals surface area contributed by atoms with E-state index in [1.165, 1.54) is 19.5 Å². The molecule has 26 heavy (non-hydrogen) atoms. The summed E-state index contributed by atoms with van der Waals surface area (Å²) in [6.07, 6.45) is 3.73. The molecule has 4 rings (SSSR count). The first-order chi connectivity index (χ1) is 12.5. The highest BCUT2D eigenvalue weighted by Crippen LogP contribution is 2.40. The Morgan fingerprint density at radius 3 is 2.81 bits per heavy atom. The number of halogens is 2. The van der Waals surface area contributed by atoms with Crippen molar-refractivity contribution in [2.75, 3.05) is 13.7 Å². The molecule has 3 aromatic rings. The van der Waals surface area contributed by atoms with Crippen LogP contribution in [0.3, 0.4) is 0 Å². The average Bonchev–Trinajstić information content (AvgIpc) is 3.05. The largest absolute Gasteiger partial charge is 0.494 e. The first-order valence-electron chi connectivity index (χ1n) is 8.16. The molecule has 1 N–H and O–H groups in total. The van der Waals surface area contributed by atoms with Crippen molar-refractivity contribution in [1.82, 2.24) is 19.9 Å². The van der Waals surface area contributed by atoms with Gasteiger partial charge in [0.2, 0.25) is 5.82 Å². The first-order valence-corrected chi connectivity index (χ1v) is 9.33. The molecular formula is C18H16BrClN4O2. The third kappa shape index (κ3) is 2.66. The molecule has 0 saturated carbocycles. The Kier molecular flexibility index (Phi) is 4.36. The molecule has 0 bridgehead atoms. The van der Waals surface area contributed by atoms with Gasteiger partial charge in [0.1, 0.15) is 0 Å². The third-order valence-corrected chi connectivity index (χ3v) is 6.07. The van der Waals surface area contributed by atoms with Gasteiger partial charge in [-0.05, 0) is 28.9 Å². The van der Waals surface area contributed by atoms with Crippen LogP contribution in [0.1, 0.15) is 34.8 Å². The van der Waals surface area contributed by atoms with Crippen molar-refractivity contribution in [1.29, 1.82) is 0 Å². The molecule has 0 radical (unpaired) electrons. The number of aromatic amines is 1. The van der Waals surface area contributed by atoms with E-state index in [0.717, 1.165) is 33.1 Å². The minimum absolute atomic E-state index is 0.108. The zero-order valence-corrected chi connectivity index (χ0v) is 16.6. The van der Waals surface area contributed by atoms with Gasteiger partial charge in [0.25, 0.3) is 5.91 Å². The molecule has 0 saturated heterocycles. The van der Waals surface area contributed by atoms with E-state index in [1.54, 1.807) is 4.90 Å². The van der Waals surface area contributed by atoms with Gasteiger partial charge in [-0.1, -0.05) is 17.7 Å². The average molecular weight is 436 g/mol. The first kappa shape index (κ1) is 17.3. The lowest BCUT2D eigenvalue weighted by Crippen LogP contribution is -2.39. The van der Waals surface area contributed by atoms with Gasteiger partial charge in [-0.15, -0.1) is 0 Å². The van der Waals surface area contributed by atoms with Crippen LogP contribution in [-0.4, -0.2) is 39.4 Å². The molecule has 6 nitrogen and oxygen atoms in total. The standard InChI is InChI=1S/C18H16BrClN4O2/c1-9-14-11-3-4-12(19)15(20)16(11)23-13(14)5-6-24(9)18(25)17-21-7-10(26-2)8-22-17/h3-4,7-9,23H,5-6H2,1-2H3/t9-/m1/s1. The van der Waals surface area contributed by atoms with Gasteiger partial charge in [-0.2, -0.15) is 0 Å². The summed E-state index contributed by atoms with van der Waals surface area (Å²) in [6, 6.07) is 3.84. The van der Waals surface area contributed by atoms with Gasteiger partial charge >= 0.3 is 0 Å². The predicted octanol–water partition coefficient (Wildman–Crippen LogP) is 4.14. The van der Waals surface area contributed by atoms with Crippen molar-refractivity contribution < 1.29 is 9.53 Å². The Morgan fingerprint density at radius 1 is 1.38 bits per heavy atom. The Labute approximate surface area is 163 Å². The number of ether oxygens (including phenoxy) is 1. The van der Waals surface area contributed by atoms with E-state index in [2.05, 4.69) is 30.9 Å². The van der Waals surface area contributed by atoms with Crippen LogP contribution < -0.4 is 4.74 Å². The van der Waals surface area contributed by atoms with Crippen molar-refractivity contribution in [3.05, 3.63) is 51.1 Å². The summed E-state index contributed by atoms with van der Waals surface area (Å²) >= 11 is 9.89. The van der Waals surface area contributed by atoms with E-state index in [1.807, 2.05) is 19.1 Å². The summed E-state index contributed by atoms with van der Waals surface area (Å²) in [5, 5.41) is 1.69. The number of nitrogens with one attached hydrogen (secondary N) is 1. The second-order valence-corrected chi connectivity index (χ2v) is 7.40. The summed E-state index contributed by atoms with van der Waals surface area (Å²) in [6.45, 7) is 2.61. The molecule has 134 valence electrons. The normalized spacial score (nSPS) is 16.6. The number of hydrogen-bond donors (Lipinski definition) is 1. The number of rotatable bonds is 2. The molecular weight excluding hydrogens is 420 g/mol. The maximum Gasteiger partial charge on any atom is 0.292 e. The van der Waals surface area contributed by atoms with Crippen LogP contribution in [0.4, 0.5) is 0 Å². The van der Waals surface area contributed by atoms with E-state index < -0.39 is 0 Å². The number of benzene rings is 1. The fourth-order valence-electron chi connectivity index (χ4n) is 3.47. The SMILES string of the molecule is COc1cnc(C(=O)N2CCc3[nH]c4c(Cl)c(Br)ccc4c3[C@H]2C)nc1. The topological polar surface area (TPSA) is 71.1 Å². The van der Waals surface area contributed by atoms with Gasteiger partial charge in [-0.3, -0.25) is 4.79 Å². The van der Waals surface area contributed by atoms with Crippen LogP contribution in [0.5, 0.6) is 5.75 Å². The maximum atomic E-state index is 12.9. The molecule has 8 heteroatoms. The van der Waals surface area contributed by atoms with Crippen LogP contribution in [0, 0.1) is 0 Å². The lowest BCUT2D eigenvalue weighted by molar-refractivity contribution is 0.0665. The number of carbonyl (C=O) groups is 1. The van der Waals surface area contributed by atoms with Gasteiger partial charge in [0.15, 0.2) is 5.75 Å². The Bertz CT molecular complexity index is 1000. The highest BCUT2D eigenvalue weighted by Gasteiger charge is 2.32. The van der Waals surface area contributed by atoms with E-state index >= 15 is 0 Å². The highest BCUT2D eigenvalue weighted by atomic mass is 79.9. The molecule has 1 atom stereocenters. The third-order valence-electron chi connectivity index (χ3n) is 4.79. The number of fused-ring (bicyclic) bond motifs is 3. The van der Waals surface area contributed by atoms with Crippen LogP contribution in [0.15, 0.2) is 29.0 Å². The molecule has 0 aliphatic carbocycles.